The van der Waals surface area contributed by atoms with Crippen LogP contribution in [0.4, 0.5) is 11.4 Å². The van der Waals surface area contributed by atoms with Crippen molar-refractivity contribution in [1.29, 1.82) is 0 Å². The molecule has 3 N–H and O–H groups in total. The second kappa shape index (κ2) is 9.93. The van der Waals surface area contributed by atoms with Crippen molar-refractivity contribution >= 4 is 67.5 Å². The van der Waals surface area contributed by atoms with Crippen molar-refractivity contribution in [2.24, 2.45) is 0 Å². The molecule has 0 bridgehead atoms. The summed E-state index contributed by atoms with van der Waals surface area (Å²) >= 11 is 9.60. The SMILES string of the molecule is Cc1ccc(NC(=O)C(=O)Nn2c(C(=O)Nc3cccc(Cl)c3C)cc3cc(Br)ccc32)cc1C. The molecule has 3 amide bonds. The summed E-state index contributed by atoms with van der Waals surface area (Å²) in [7, 11) is 0. The van der Waals surface area contributed by atoms with Gasteiger partial charge in [-0.3, -0.25) is 19.8 Å². The van der Waals surface area contributed by atoms with Crippen molar-refractivity contribution < 1.29 is 14.4 Å². The predicted octanol–water partition coefficient (Wildman–Crippen LogP) is 5.94. The van der Waals surface area contributed by atoms with E-state index in [4.69, 9.17) is 11.6 Å². The zero-order valence-electron chi connectivity index (χ0n) is 19.2. The largest absolute Gasteiger partial charge is 0.328 e. The number of rotatable bonds is 4. The molecular weight excluding hydrogens is 532 g/mol. The van der Waals surface area contributed by atoms with E-state index >= 15 is 0 Å². The van der Waals surface area contributed by atoms with Gasteiger partial charge in [-0.25, -0.2) is 4.68 Å². The molecular formula is C26H22BrClN4O3. The van der Waals surface area contributed by atoms with Crippen molar-refractivity contribution in [2.75, 3.05) is 16.1 Å². The minimum Gasteiger partial charge on any atom is -0.320 e. The Hall–Kier alpha value is -3.62. The summed E-state index contributed by atoms with van der Waals surface area (Å²) in [5.41, 5.74) is 7.06. The van der Waals surface area contributed by atoms with Gasteiger partial charge in [0.15, 0.2) is 0 Å². The number of halogens is 2. The van der Waals surface area contributed by atoms with Crippen LogP contribution in [0.1, 0.15) is 27.2 Å². The van der Waals surface area contributed by atoms with Gasteiger partial charge in [-0.2, -0.15) is 0 Å². The number of benzene rings is 3. The molecule has 0 fully saturated rings. The molecule has 0 unspecified atom stereocenters. The van der Waals surface area contributed by atoms with Gasteiger partial charge >= 0.3 is 11.8 Å². The molecule has 7 nitrogen and oxygen atoms in total. The first-order valence-electron chi connectivity index (χ1n) is 10.7. The Morgan fingerprint density at radius 1 is 0.857 bits per heavy atom. The molecule has 0 aliphatic carbocycles. The van der Waals surface area contributed by atoms with Crippen molar-refractivity contribution in [3.05, 3.63) is 92.5 Å². The molecule has 3 aromatic carbocycles. The van der Waals surface area contributed by atoms with E-state index in [1.54, 1.807) is 55.5 Å². The zero-order valence-corrected chi connectivity index (χ0v) is 21.5. The third-order valence-corrected chi connectivity index (χ3v) is 6.60. The topological polar surface area (TPSA) is 92.2 Å². The number of amides is 3. The van der Waals surface area contributed by atoms with Gasteiger partial charge in [0, 0.05) is 26.3 Å². The molecule has 0 aliphatic heterocycles. The van der Waals surface area contributed by atoms with E-state index in [2.05, 4.69) is 32.0 Å². The van der Waals surface area contributed by atoms with Crippen LogP contribution in [0.3, 0.4) is 0 Å². The summed E-state index contributed by atoms with van der Waals surface area (Å²) in [6, 6.07) is 17.5. The van der Waals surface area contributed by atoms with Crippen molar-refractivity contribution in [3.8, 4) is 0 Å². The van der Waals surface area contributed by atoms with Gasteiger partial charge in [0.2, 0.25) is 0 Å². The average Bonchev–Trinajstić information content (AvgIpc) is 3.16. The lowest BCUT2D eigenvalue weighted by Crippen LogP contribution is -2.36. The molecule has 0 aliphatic rings. The Bertz CT molecular complexity index is 1500. The molecule has 9 heteroatoms. The van der Waals surface area contributed by atoms with Crippen LogP contribution in [0.5, 0.6) is 0 Å². The van der Waals surface area contributed by atoms with Crippen LogP contribution in [-0.4, -0.2) is 22.4 Å². The maximum absolute atomic E-state index is 13.2. The lowest BCUT2D eigenvalue weighted by molar-refractivity contribution is -0.133. The maximum Gasteiger partial charge on any atom is 0.328 e. The average molecular weight is 554 g/mol. The van der Waals surface area contributed by atoms with Crippen LogP contribution in [0, 0.1) is 20.8 Å². The highest BCUT2D eigenvalue weighted by Gasteiger charge is 2.22. The number of carbonyl (C=O) groups excluding carboxylic acids is 3. The Morgan fingerprint density at radius 3 is 2.37 bits per heavy atom. The smallest absolute Gasteiger partial charge is 0.320 e. The van der Waals surface area contributed by atoms with Gasteiger partial charge in [0.05, 0.1) is 5.52 Å². The number of aromatic nitrogens is 1. The fourth-order valence-corrected chi connectivity index (χ4v) is 4.12. The minimum absolute atomic E-state index is 0.143. The Kier molecular flexibility index (Phi) is 6.95. The Morgan fingerprint density at radius 2 is 1.63 bits per heavy atom. The number of hydrogen-bond donors (Lipinski definition) is 3. The summed E-state index contributed by atoms with van der Waals surface area (Å²) in [6.45, 7) is 5.67. The van der Waals surface area contributed by atoms with Crippen molar-refractivity contribution in [2.45, 2.75) is 20.8 Å². The zero-order chi connectivity index (χ0) is 25.3. The monoisotopic (exact) mass is 552 g/mol. The molecule has 178 valence electrons. The van der Waals surface area contributed by atoms with E-state index in [0.29, 0.717) is 32.9 Å². The third-order valence-electron chi connectivity index (χ3n) is 5.70. The van der Waals surface area contributed by atoms with Crippen LogP contribution in [0.25, 0.3) is 10.9 Å². The first-order valence-corrected chi connectivity index (χ1v) is 11.9. The van der Waals surface area contributed by atoms with Gasteiger partial charge < -0.3 is 10.6 Å². The van der Waals surface area contributed by atoms with Gasteiger partial charge in [0.1, 0.15) is 5.69 Å². The summed E-state index contributed by atoms with van der Waals surface area (Å²) in [5, 5.41) is 6.64. The summed E-state index contributed by atoms with van der Waals surface area (Å²) < 4.78 is 2.11. The number of carbonyl (C=O) groups is 3. The molecule has 0 radical (unpaired) electrons. The lowest BCUT2D eigenvalue weighted by Gasteiger charge is -2.14. The first kappa shape index (κ1) is 24.5. The van der Waals surface area contributed by atoms with Gasteiger partial charge in [-0.05, 0) is 86.0 Å². The summed E-state index contributed by atoms with van der Waals surface area (Å²) in [6.07, 6.45) is 0. The number of nitrogens with one attached hydrogen (secondary N) is 3. The van der Waals surface area contributed by atoms with E-state index < -0.39 is 17.7 Å². The van der Waals surface area contributed by atoms with Crippen LogP contribution in [-0.2, 0) is 9.59 Å². The number of fused-ring (bicyclic) bond motifs is 1. The quantitative estimate of drug-likeness (QED) is 0.273. The molecule has 0 atom stereocenters. The van der Waals surface area contributed by atoms with Crippen LogP contribution in [0.2, 0.25) is 5.02 Å². The third kappa shape index (κ3) is 5.23. The number of anilines is 2. The van der Waals surface area contributed by atoms with Gasteiger partial charge in [-0.1, -0.05) is 39.7 Å². The Labute approximate surface area is 215 Å². The number of nitrogens with zero attached hydrogens (tertiary/aromatic N) is 1. The van der Waals surface area contributed by atoms with Crippen molar-refractivity contribution in [1.82, 2.24) is 4.68 Å². The van der Waals surface area contributed by atoms with Crippen LogP contribution >= 0.6 is 27.5 Å². The maximum atomic E-state index is 13.2. The molecule has 1 heterocycles. The van der Waals surface area contributed by atoms with E-state index in [-0.39, 0.29) is 5.69 Å². The standard InChI is InChI=1S/C26H22BrClN4O3/c1-14-7-9-19(11-15(14)2)29-25(34)26(35)31-32-22-10-8-18(27)12-17(22)13-23(32)24(33)30-21-6-4-5-20(28)16(21)3/h4-13H,1-3H3,(H,29,34)(H,30,33)(H,31,35). The summed E-state index contributed by atoms with van der Waals surface area (Å²) in [5.74, 6) is -2.25. The number of aryl methyl sites for hydroxylation is 2. The molecule has 0 spiro atoms. The minimum atomic E-state index is -0.920. The second-order valence-corrected chi connectivity index (χ2v) is 9.45. The van der Waals surface area contributed by atoms with E-state index in [0.717, 1.165) is 15.6 Å². The van der Waals surface area contributed by atoms with Gasteiger partial charge in [0.25, 0.3) is 5.91 Å². The van der Waals surface area contributed by atoms with Gasteiger partial charge in [-0.15, -0.1) is 0 Å². The molecule has 0 saturated carbocycles. The first-order chi connectivity index (χ1) is 16.6. The summed E-state index contributed by atoms with van der Waals surface area (Å²) in [4.78, 5) is 38.7. The predicted molar refractivity (Wildman–Crippen MR) is 143 cm³/mol. The normalized spacial score (nSPS) is 10.8. The molecule has 0 saturated heterocycles. The van der Waals surface area contributed by atoms with E-state index in [9.17, 15) is 14.4 Å². The van der Waals surface area contributed by atoms with Crippen molar-refractivity contribution in [3.63, 3.8) is 0 Å². The molecule has 4 aromatic rings. The highest BCUT2D eigenvalue weighted by Crippen LogP contribution is 2.26. The van der Waals surface area contributed by atoms with E-state index in [1.807, 2.05) is 26.0 Å². The molecule has 1 aromatic heterocycles. The second-order valence-electron chi connectivity index (χ2n) is 8.13. The highest BCUT2D eigenvalue weighted by molar-refractivity contribution is 9.10. The Balaban J connectivity index is 1.64. The fourth-order valence-electron chi connectivity index (χ4n) is 3.56. The van der Waals surface area contributed by atoms with Crippen LogP contribution < -0.4 is 16.1 Å². The molecule has 4 rings (SSSR count). The highest BCUT2D eigenvalue weighted by atomic mass is 79.9. The lowest BCUT2D eigenvalue weighted by atomic mass is 10.1. The molecule has 35 heavy (non-hydrogen) atoms. The van der Waals surface area contributed by atoms with Crippen LogP contribution in [0.15, 0.2) is 65.1 Å². The van der Waals surface area contributed by atoms with E-state index in [1.165, 1.54) is 4.68 Å². The fraction of sp³-hybridized carbons (Fsp3) is 0.115. The number of hydrogen-bond acceptors (Lipinski definition) is 3.